The number of aromatic nitrogens is 1. The van der Waals surface area contributed by atoms with Gasteiger partial charge in [0.1, 0.15) is 0 Å². The molecule has 0 atom stereocenters. The lowest BCUT2D eigenvalue weighted by Gasteiger charge is -2.09. The molecule has 5 nitrogen and oxygen atoms in total. The summed E-state index contributed by atoms with van der Waals surface area (Å²) in [6.45, 7) is 4.44. The molecule has 1 aromatic heterocycles. The number of hydrogen-bond acceptors (Lipinski definition) is 5. The molecule has 0 aliphatic heterocycles. The average Bonchev–Trinajstić information content (AvgIpc) is 3.14. The Hall–Kier alpha value is -3.12. The van der Waals surface area contributed by atoms with Crippen LogP contribution in [0, 0.1) is 6.92 Å². The maximum absolute atomic E-state index is 12.2. The number of nitrogens with one attached hydrogen (secondary N) is 1. The van der Waals surface area contributed by atoms with Crippen molar-refractivity contribution in [2.45, 2.75) is 13.8 Å². The molecule has 6 heteroatoms. The van der Waals surface area contributed by atoms with E-state index in [0.29, 0.717) is 18.1 Å². The number of hydrogen-bond donors (Lipinski definition) is 1. The first-order chi connectivity index (χ1) is 13.6. The van der Waals surface area contributed by atoms with Gasteiger partial charge in [0, 0.05) is 22.7 Å². The third-order valence-corrected chi connectivity index (χ3v) is 4.76. The first-order valence-corrected chi connectivity index (χ1v) is 9.79. The van der Waals surface area contributed by atoms with Crippen LogP contribution in [0.4, 0.5) is 5.69 Å². The van der Waals surface area contributed by atoms with Crippen LogP contribution < -0.4 is 14.8 Å². The Labute approximate surface area is 168 Å². The van der Waals surface area contributed by atoms with Gasteiger partial charge in [-0.2, -0.15) is 0 Å². The summed E-state index contributed by atoms with van der Waals surface area (Å²) < 4.78 is 10.8. The predicted octanol–water partition coefficient (Wildman–Crippen LogP) is 5.18. The van der Waals surface area contributed by atoms with Gasteiger partial charge in [0.25, 0.3) is 0 Å². The highest BCUT2D eigenvalue weighted by molar-refractivity contribution is 7.09. The lowest BCUT2D eigenvalue weighted by Crippen LogP contribution is -2.07. The van der Waals surface area contributed by atoms with Crippen LogP contribution in [0.5, 0.6) is 11.5 Å². The van der Waals surface area contributed by atoms with E-state index in [1.54, 1.807) is 24.5 Å². The quantitative estimate of drug-likeness (QED) is 0.561. The van der Waals surface area contributed by atoms with E-state index in [1.807, 2.05) is 61.7 Å². The summed E-state index contributed by atoms with van der Waals surface area (Å²) in [5.74, 6) is 1.12. The second-order valence-electron chi connectivity index (χ2n) is 6.00. The van der Waals surface area contributed by atoms with E-state index in [1.165, 1.54) is 6.08 Å². The standard InChI is InChI=1S/C22H22N2O3S/c1-4-27-21-13-16(5-11-20(21)26-3)6-12-22(25)24-18-9-7-17(8-10-18)19-14-28-15(2)23-19/h5-14H,4H2,1-3H3,(H,24,25)/b12-6+. The van der Waals surface area contributed by atoms with Crippen LogP contribution in [0.15, 0.2) is 53.9 Å². The van der Waals surface area contributed by atoms with E-state index in [4.69, 9.17) is 9.47 Å². The van der Waals surface area contributed by atoms with Gasteiger partial charge in [-0.25, -0.2) is 4.98 Å². The molecule has 0 saturated heterocycles. The fraction of sp³-hybridized carbons (Fsp3) is 0.182. The molecule has 3 aromatic rings. The van der Waals surface area contributed by atoms with Crippen molar-refractivity contribution in [3.63, 3.8) is 0 Å². The van der Waals surface area contributed by atoms with Crippen LogP contribution in [0.2, 0.25) is 0 Å². The maximum atomic E-state index is 12.2. The number of carbonyl (C=O) groups is 1. The second-order valence-corrected chi connectivity index (χ2v) is 7.06. The maximum Gasteiger partial charge on any atom is 0.248 e. The SMILES string of the molecule is CCOc1cc(/C=C/C(=O)Nc2ccc(-c3csc(C)n3)cc2)ccc1OC. The van der Waals surface area contributed by atoms with E-state index in [0.717, 1.165) is 27.5 Å². The Morgan fingerprint density at radius 3 is 2.61 bits per heavy atom. The number of nitrogens with zero attached hydrogens (tertiary/aromatic N) is 1. The molecule has 0 aliphatic rings. The van der Waals surface area contributed by atoms with Gasteiger partial charge in [0.15, 0.2) is 11.5 Å². The third-order valence-electron chi connectivity index (χ3n) is 3.98. The number of ether oxygens (including phenoxy) is 2. The third kappa shape index (κ3) is 4.98. The molecule has 1 amide bonds. The smallest absolute Gasteiger partial charge is 0.248 e. The number of rotatable bonds is 7. The number of aryl methyl sites for hydroxylation is 1. The topological polar surface area (TPSA) is 60.5 Å². The summed E-state index contributed by atoms with van der Waals surface area (Å²) in [4.78, 5) is 16.7. The van der Waals surface area contributed by atoms with Gasteiger partial charge in [-0.1, -0.05) is 18.2 Å². The van der Waals surface area contributed by atoms with E-state index in [-0.39, 0.29) is 5.91 Å². The Balaban J connectivity index is 1.64. The molecular formula is C22H22N2O3S. The van der Waals surface area contributed by atoms with Gasteiger partial charge in [-0.15, -0.1) is 11.3 Å². The van der Waals surface area contributed by atoms with Gasteiger partial charge >= 0.3 is 0 Å². The van der Waals surface area contributed by atoms with Crippen molar-refractivity contribution in [2.24, 2.45) is 0 Å². The molecule has 0 spiro atoms. The zero-order valence-corrected chi connectivity index (χ0v) is 16.9. The normalized spacial score (nSPS) is 10.8. The van der Waals surface area contributed by atoms with Crippen molar-refractivity contribution in [3.8, 4) is 22.8 Å². The van der Waals surface area contributed by atoms with Gasteiger partial charge in [0.05, 0.1) is 24.4 Å². The first kappa shape index (κ1) is 19.6. The molecule has 1 N–H and O–H groups in total. The molecule has 0 saturated carbocycles. The zero-order chi connectivity index (χ0) is 19.9. The zero-order valence-electron chi connectivity index (χ0n) is 16.1. The van der Waals surface area contributed by atoms with Crippen LogP contribution in [-0.2, 0) is 4.79 Å². The summed E-state index contributed by atoms with van der Waals surface area (Å²) in [6, 6.07) is 13.2. The molecule has 3 rings (SSSR count). The number of methoxy groups -OCH3 is 1. The van der Waals surface area contributed by atoms with Gasteiger partial charge in [-0.05, 0) is 49.8 Å². The van der Waals surface area contributed by atoms with Gasteiger partial charge in [-0.3, -0.25) is 4.79 Å². The second kappa shape index (κ2) is 9.19. The first-order valence-electron chi connectivity index (χ1n) is 8.91. The number of carbonyl (C=O) groups excluding carboxylic acids is 1. The minimum absolute atomic E-state index is 0.203. The van der Waals surface area contributed by atoms with E-state index in [2.05, 4.69) is 10.3 Å². The monoisotopic (exact) mass is 394 g/mol. The highest BCUT2D eigenvalue weighted by Crippen LogP contribution is 2.28. The van der Waals surface area contributed by atoms with E-state index in [9.17, 15) is 4.79 Å². The Morgan fingerprint density at radius 1 is 1.18 bits per heavy atom. The van der Waals surface area contributed by atoms with E-state index >= 15 is 0 Å². The van der Waals surface area contributed by atoms with Crippen molar-refractivity contribution in [3.05, 3.63) is 64.5 Å². The Morgan fingerprint density at radius 2 is 1.96 bits per heavy atom. The van der Waals surface area contributed by atoms with Crippen molar-refractivity contribution in [1.82, 2.24) is 4.98 Å². The molecular weight excluding hydrogens is 372 g/mol. The molecule has 2 aromatic carbocycles. The van der Waals surface area contributed by atoms with Crippen molar-refractivity contribution in [2.75, 3.05) is 19.0 Å². The molecule has 28 heavy (non-hydrogen) atoms. The van der Waals surface area contributed by atoms with Crippen LogP contribution in [0.1, 0.15) is 17.5 Å². The number of benzene rings is 2. The van der Waals surface area contributed by atoms with Crippen LogP contribution >= 0.6 is 11.3 Å². The summed E-state index contributed by atoms with van der Waals surface area (Å²) in [7, 11) is 1.60. The van der Waals surface area contributed by atoms with Gasteiger partial charge in [0.2, 0.25) is 5.91 Å². The van der Waals surface area contributed by atoms with Crippen molar-refractivity contribution >= 4 is 29.0 Å². The van der Waals surface area contributed by atoms with Crippen LogP contribution in [-0.4, -0.2) is 24.6 Å². The Kier molecular flexibility index (Phi) is 6.45. The molecule has 0 aliphatic carbocycles. The molecule has 0 bridgehead atoms. The fourth-order valence-electron chi connectivity index (χ4n) is 2.64. The molecule has 0 radical (unpaired) electrons. The summed E-state index contributed by atoms with van der Waals surface area (Å²) >= 11 is 1.62. The Bertz CT molecular complexity index is 978. The van der Waals surface area contributed by atoms with E-state index < -0.39 is 0 Å². The van der Waals surface area contributed by atoms with Crippen molar-refractivity contribution in [1.29, 1.82) is 0 Å². The molecule has 144 valence electrons. The minimum atomic E-state index is -0.203. The highest BCUT2D eigenvalue weighted by atomic mass is 32.1. The van der Waals surface area contributed by atoms with Crippen LogP contribution in [0.25, 0.3) is 17.3 Å². The summed E-state index contributed by atoms with van der Waals surface area (Å²) in [5, 5.41) is 5.91. The molecule has 0 fully saturated rings. The predicted molar refractivity (Wildman–Crippen MR) is 114 cm³/mol. The largest absolute Gasteiger partial charge is 0.493 e. The summed E-state index contributed by atoms with van der Waals surface area (Å²) in [5.41, 5.74) is 3.56. The summed E-state index contributed by atoms with van der Waals surface area (Å²) in [6.07, 6.45) is 3.24. The van der Waals surface area contributed by atoms with Crippen LogP contribution in [0.3, 0.4) is 0 Å². The van der Waals surface area contributed by atoms with Gasteiger partial charge < -0.3 is 14.8 Å². The number of thiazole rings is 1. The highest BCUT2D eigenvalue weighted by Gasteiger charge is 2.05. The molecule has 0 unspecified atom stereocenters. The number of anilines is 1. The molecule has 1 heterocycles. The minimum Gasteiger partial charge on any atom is -0.493 e. The number of amides is 1. The lowest BCUT2D eigenvalue weighted by molar-refractivity contribution is -0.111. The fourth-order valence-corrected chi connectivity index (χ4v) is 3.26. The average molecular weight is 394 g/mol. The lowest BCUT2D eigenvalue weighted by atomic mass is 10.1. The van der Waals surface area contributed by atoms with Crippen molar-refractivity contribution < 1.29 is 14.3 Å².